The highest BCUT2D eigenvalue weighted by molar-refractivity contribution is 5.47. The molecule has 0 amide bonds. The molecule has 0 saturated carbocycles. The van der Waals surface area contributed by atoms with Crippen molar-refractivity contribution in [2.24, 2.45) is 0 Å². The van der Waals surface area contributed by atoms with E-state index in [0.717, 1.165) is 36.4 Å². The Hall–Kier alpha value is -1.22. The lowest BCUT2D eigenvalue weighted by Gasteiger charge is -2.24. The molecule has 1 aromatic rings. The topological polar surface area (TPSA) is 44.5 Å². The van der Waals surface area contributed by atoms with Crippen molar-refractivity contribution in [2.75, 3.05) is 18.9 Å². The van der Waals surface area contributed by atoms with Gasteiger partial charge in [0, 0.05) is 12.3 Å². The molecule has 0 aliphatic carbocycles. The third kappa shape index (κ3) is 2.63. The first-order valence-electron chi connectivity index (χ1n) is 5.36. The number of nitrogen functional groups attached to an aromatic ring is 1. The smallest absolute Gasteiger partial charge is 0.122 e. The fourth-order valence-corrected chi connectivity index (χ4v) is 1.79. The van der Waals surface area contributed by atoms with Crippen LogP contribution >= 0.6 is 0 Å². The zero-order valence-corrected chi connectivity index (χ0v) is 9.03. The van der Waals surface area contributed by atoms with E-state index in [4.69, 9.17) is 15.2 Å². The maximum absolute atomic E-state index is 5.86. The first-order valence-corrected chi connectivity index (χ1v) is 5.36. The van der Waals surface area contributed by atoms with Gasteiger partial charge in [0.15, 0.2) is 0 Å². The van der Waals surface area contributed by atoms with Gasteiger partial charge in [0.25, 0.3) is 0 Å². The lowest BCUT2D eigenvalue weighted by molar-refractivity contribution is 0.00716. The van der Waals surface area contributed by atoms with E-state index in [9.17, 15) is 0 Å². The zero-order chi connectivity index (χ0) is 10.7. The van der Waals surface area contributed by atoms with Crippen molar-refractivity contribution in [2.45, 2.75) is 25.9 Å². The van der Waals surface area contributed by atoms with E-state index in [-0.39, 0.29) is 6.10 Å². The number of aryl methyl sites for hydroxylation is 1. The number of nitrogens with two attached hydrogens (primary N) is 1. The maximum atomic E-state index is 5.86. The van der Waals surface area contributed by atoms with E-state index < -0.39 is 0 Å². The van der Waals surface area contributed by atoms with Gasteiger partial charge in [-0.1, -0.05) is 0 Å². The summed E-state index contributed by atoms with van der Waals surface area (Å²) in [6, 6.07) is 5.73. The third-order valence-corrected chi connectivity index (χ3v) is 2.61. The minimum atomic E-state index is 0.195. The number of anilines is 1. The number of benzene rings is 1. The van der Waals surface area contributed by atoms with Crippen LogP contribution in [0.15, 0.2) is 18.2 Å². The van der Waals surface area contributed by atoms with Crippen LogP contribution < -0.4 is 10.5 Å². The molecule has 3 heteroatoms. The molecule has 1 saturated heterocycles. The Bertz CT molecular complexity index is 332. The van der Waals surface area contributed by atoms with Gasteiger partial charge in [-0.05, 0) is 43.5 Å². The van der Waals surface area contributed by atoms with Crippen molar-refractivity contribution in [3.05, 3.63) is 23.8 Å². The number of hydrogen-bond donors (Lipinski definition) is 1. The predicted octanol–water partition coefficient (Wildman–Crippen LogP) is 2.14. The molecule has 1 heterocycles. The summed E-state index contributed by atoms with van der Waals surface area (Å²) in [6.07, 6.45) is 2.35. The fraction of sp³-hybridized carbons (Fsp3) is 0.500. The summed E-state index contributed by atoms with van der Waals surface area (Å²) in [5.41, 5.74) is 7.54. The van der Waals surface area contributed by atoms with Crippen LogP contribution in [0.3, 0.4) is 0 Å². The molecule has 0 unspecified atom stereocenters. The fourth-order valence-electron chi connectivity index (χ4n) is 1.79. The first kappa shape index (κ1) is 10.3. The molecule has 1 atom stereocenters. The average molecular weight is 207 g/mol. The van der Waals surface area contributed by atoms with Gasteiger partial charge >= 0.3 is 0 Å². The number of hydrogen-bond acceptors (Lipinski definition) is 3. The standard InChI is InChI=1S/C12H17NO2/c1-9-7-10(13)4-5-12(9)15-11-3-2-6-14-8-11/h4-5,7,11H,2-3,6,8,13H2,1H3/t11-/m1/s1. The van der Waals surface area contributed by atoms with Crippen LogP contribution in [-0.2, 0) is 4.74 Å². The Morgan fingerprint density at radius 2 is 2.33 bits per heavy atom. The Labute approximate surface area is 90.2 Å². The highest BCUT2D eigenvalue weighted by atomic mass is 16.5. The van der Waals surface area contributed by atoms with Gasteiger partial charge < -0.3 is 15.2 Å². The molecule has 0 radical (unpaired) electrons. The van der Waals surface area contributed by atoms with Crippen molar-refractivity contribution in [1.82, 2.24) is 0 Å². The summed E-state index contributed by atoms with van der Waals surface area (Å²) in [6.45, 7) is 3.57. The number of ether oxygens (including phenoxy) is 2. The van der Waals surface area contributed by atoms with Gasteiger partial charge in [0.05, 0.1) is 6.61 Å². The van der Waals surface area contributed by atoms with Crippen LogP contribution in [0.5, 0.6) is 5.75 Å². The summed E-state index contributed by atoms with van der Waals surface area (Å²) < 4.78 is 11.2. The molecule has 15 heavy (non-hydrogen) atoms. The summed E-state index contributed by atoms with van der Waals surface area (Å²) in [4.78, 5) is 0. The zero-order valence-electron chi connectivity index (χ0n) is 9.03. The van der Waals surface area contributed by atoms with Gasteiger partial charge in [-0.2, -0.15) is 0 Å². The van der Waals surface area contributed by atoms with E-state index in [1.54, 1.807) is 0 Å². The Kier molecular flexibility index (Phi) is 3.11. The molecule has 0 spiro atoms. The van der Waals surface area contributed by atoms with Gasteiger partial charge in [0.1, 0.15) is 11.9 Å². The molecular formula is C12H17NO2. The summed E-state index contributed by atoms with van der Waals surface area (Å²) >= 11 is 0. The third-order valence-electron chi connectivity index (χ3n) is 2.61. The minimum absolute atomic E-state index is 0.195. The molecular weight excluding hydrogens is 190 g/mol. The largest absolute Gasteiger partial charge is 0.488 e. The second-order valence-corrected chi connectivity index (χ2v) is 3.98. The lowest BCUT2D eigenvalue weighted by atomic mass is 10.1. The summed E-state index contributed by atoms with van der Waals surface area (Å²) in [5, 5.41) is 0. The quantitative estimate of drug-likeness (QED) is 0.755. The summed E-state index contributed by atoms with van der Waals surface area (Å²) in [7, 11) is 0. The van der Waals surface area contributed by atoms with E-state index >= 15 is 0 Å². The van der Waals surface area contributed by atoms with Crippen LogP contribution in [0, 0.1) is 6.92 Å². The first-order chi connectivity index (χ1) is 7.25. The second kappa shape index (κ2) is 4.53. The van der Waals surface area contributed by atoms with Gasteiger partial charge in [0.2, 0.25) is 0 Å². The molecule has 0 bridgehead atoms. The van der Waals surface area contributed by atoms with Crippen molar-refractivity contribution < 1.29 is 9.47 Å². The Balaban J connectivity index is 2.03. The van der Waals surface area contributed by atoms with Crippen molar-refractivity contribution >= 4 is 5.69 Å². The molecule has 2 rings (SSSR count). The van der Waals surface area contributed by atoms with Gasteiger partial charge in [-0.15, -0.1) is 0 Å². The highest BCUT2D eigenvalue weighted by Gasteiger charge is 2.15. The van der Waals surface area contributed by atoms with Crippen LogP contribution in [-0.4, -0.2) is 19.3 Å². The lowest BCUT2D eigenvalue weighted by Crippen LogP contribution is -2.28. The van der Waals surface area contributed by atoms with Crippen LogP contribution in [0.2, 0.25) is 0 Å². The molecule has 3 nitrogen and oxygen atoms in total. The highest BCUT2D eigenvalue weighted by Crippen LogP contribution is 2.23. The van der Waals surface area contributed by atoms with E-state index in [1.165, 1.54) is 0 Å². The SMILES string of the molecule is Cc1cc(N)ccc1O[C@@H]1CCCOC1. The molecule has 1 aromatic carbocycles. The van der Waals surface area contributed by atoms with E-state index in [2.05, 4.69) is 0 Å². The van der Waals surface area contributed by atoms with Gasteiger partial charge in [-0.3, -0.25) is 0 Å². The monoisotopic (exact) mass is 207 g/mol. The van der Waals surface area contributed by atoms with Crippen molar-refractivity contribution in [3.63, 3.8) is 0 Å². The molecule has 0 aromatic heterocycles. The van der Waals surface area contributed by atoms with Crippen molar-refractivity contribution in [3.8, 4) is 5.75 Å². The molecule has 1 aliphatic rings. The predicted molar refractivity (Wildman–Crippen MR) is 60.1 cm³/mol. The molecule has 1 aliphatic heterocycles. The van der Waals surface area contributed by atoms with Crippen LogP contribution in [0.4, 0.5) is 5.69 Å². The Morgan fingerprint density at radius 3 is 3.00 bits per heavy atom. The average Bonchev–Trinajstić information content (AvgIpc) is 2.24. The van der Waals surface area contributed by atoms with E-state index in [1.807, 2.05) is 25.1 Å². The van der Waals surface area contributed by atoms with Gasteiger partial charge in [-0.25, -0.2) is 0 Å². The Morgan fingerprint density at radius 1 is 1.47 bits per heavy atom. The summed E-state index contributed by atoms with van der Waals surface area (Å²) in [5.74, 6) is 0.916. The van der Waals surface area contributed by atoms with Crippen LogP contribution in [0.25, 0.3) is 0 Å². The normalized spacial score (nSPS) is 21.3. The molecule has 82 valence electrons. The van der Waals surface area contributed by atoms with Crippen molar-refractivity contribution in [1.29, 1.82) is 0 Å². The van der Waals surface area contributed by atoms with Crippen LogP contribution in [0.1, 0.15) is 18.4 Å². The van der Waals surface area contributed by atoms with E-state index in [0.29, 0.717) is 6.61 Å². The molecule has 1 fully saturated rings. The second-order valence-electron chi connectivity index (χ2n) is 3.98. The molecule has 2 N–H and O–H groups in total. The number of rotatable bonds is 2. The maximum Gasteiger partial charge on any atom is 0.122 e. The minimum Gasteiger partial charge on any atom is -0.488 e.